The molecule has 2 aromatic carbocycles. The van der Waals surface area contributed by atoms with E-state index in [9.17, 15) is 34.5 Å². The molecule has 0 radical (unpaired) electrons. The number of hydrogen-bond donors (Lipinski definition) is 6. The number of amides is 3. The first-order valence-electron chi connectivity index (χ1n) is 10.9. The molecule has 0 aliphatic heterocycles. The van der Waals surface area contributed by atoms with Crippen molar-refractivity contribution in [2.75, 3.05) is 13.7 Å². The van der Waals surface area contributed by atoms with Gasteiger partial charge in [0.1, 0.15) is 23.3 Å². The van der Waals surface area contributed by atoms with Crippen LogP contribution in [0.2, 0.25) is 0 Å². The molecule has 12 heteroatoms. The summed E-state index contributed by atoms with van der Waals surface area (Å²) < 4.78 is 4.72. The molecule has 0 saturated heterocycles. The number of phenolic OH excluding ortho intramolecular Hbond substituents is 3. The van der Waals surface area contributed by atoms with Crippen molar-refractivity contribution in [3.8, 4) is 17.2 Å². The zero-order valence-electron chi connectivity index (χ0n) is 19.9. The number of aromatic hydroxyl groups is 3. The van der Waals surface area contributed by atoms with Gasteiger partial charge in [0, 0.05) is 24.7 Å². The highest BCUT2D eigenvalue weighted by atomic mass is 32.1. The summed E-state index contributed by atoms with van der Waals surface area (Å²) >= 11 is 0.931. The van der Waals surface area contributed by atoms with Gasteiger partial charge in [-0.05, 0) is 48.4 Å². The number of carbonyl (C=O) groups is 4. The topological polar surface area (TPSA) is 174 Å². The molecular weight excluding hydrogens is 502 g/mol. The molecule has 0 unspecified atom stereocenters. The third kappa shape index (κ3) is 7.21. The van der Waals surface area contributed by atoms with Crippen molar-refractivity contribution in [1.82, 2.24) is 16.0 Å². The van der Waals surface area contributed by atoms with Crippen LogP contribution in [0, 0.1) is 6.92 Å². The lowest BCUT2D eigenvalue weighted by Crippen LogP contribution is -2.48. The molecule has 11 nitrogen and oxygen atoms in total. The van der Waals surface area contributed by atoms with Crippen molar-refractivity contribution in [3.05, 3.63) is 75.0 Å². The lowest BCUT2D eigenvalue weighted by atomic mass is 10.1. The van der Waals surface area contributed by atoms with E-state index in [0.29, 0.717) is 11.1 Å². The van der Waals surface area contributed by atoms with Crippen LogP contribution in [0.25, 0.3) is 0 Å². The number of phenols is 3. The monoisotopic (exact) mass is 527 g/mol. The van der Waals surface area contributed by atoms with Crippen molar-refractivity contribution >= 4 is 35.0 Å². The largest absolute Gasteiger partial charge is 0.508 e. The molecule has 0 aliphatic rings. The van der Waals surface area contributed by atoms with Crippen LogP contribution in [-0.4, -0.2) is 58.7 Å². The fraction of sp³-hybridized carbons (Fsp3) is 0.200. The van der Waals surface area contributed by atoms with E-state index in [1.807, 2.05) is 0 Å². The van der Waals surface area contributed by atoms with E-state index >= 15 is 0 Å². The molecule has 1 aromatic heterocycles. The number of methoxy groups -OCH3 is 1. The smallest absolute Gasteiger partial charge is 0.330 e. The highest BCUT2D eigenvalue weighted by molar-refractivity contribution is 7.16. The van der Waals surface area contributed by atoms with Crippen molar-refractivity contribution in [2.24, 2.45) is 0 Å². The molecule has 37 heavy (non-hydrogen) atoms. The van der Waals surface area contributed by atoms with E-state index in [-0.39, 0.29) is 45.7 Å². The highest BCUT2D eigenvalue weighted by Gasteiger charge is 2.26. The number of thiophene rings is 1. The van der Waals surface area contributed by atoms with Gasteiger partial charge in [-0.15, -0.1) is 11.3 Å². The first-order chi connectivity index (χ1) is 17.6. The molecular formula is C25H25N3O8S. The van der Waals surface area contributed by atoms with Crippen LogP contribution in [0.3, 0.4) is 0 Å². The van der Waals surface area contributed by atoms with Gasteiger partial charge in [0.05, 0.1) is 16.9 Å². The average molecular weight is 528 g/mol. The second-order valence-corrected chi connectivity index (χ2v) is 9.02. The molecule has 194 valence electrons. The Morgan fingerprint density at radius 3 is 2.24 bits per heavy atom. The summed E-state index contributed by atoms with van der Waals surface area (Å²) in [5, 5.41) is 36.3. The number of benzene rings is 2. The number of esters is 1. The van der Waals surface area contributed by atoms with Gasteiger partial charge in [-0.1, -0.05) is 12.1 Å². The highest BCUT2D eigenvalue weighted by Crippen LogP contribution is 2.23. The first kappa shape index (κ1) is 27.0. The summed E-state index contributed by atoms with van der Waals surface area (Å²) in [7, 11) is 1.13. The van der Waals surface area contributed by atoms with Gasteiger partial charge in [0.15, 0.2) is 0 Å². The molecule has 3 amide bonds. The zero-order valence-corrected chi connectivity index (χ0v) is 20.7. The zero-order chi connectivity index (χ0) is 27.1. The van der Waals surface area contributed by atoms with Crippen molar-refractivity contribution in [2.45, 2.75) is 19.5 Å². The second-order valence-electron chi connectivity index (χ2n) is 7.97. The maximum absolute atomic E-state index is 12.9. The molecule has 6 N–H and O–H groups in total. The van der Waals surface area contributed by atoms with Crippen LogP contribution < -0.4 is 16.0 Å². The van der Waals surface area contributed by atoms with Crippen LogP contribution in [0.1, 0.15) is 40.8 Å². The first-order valence-corrected chi connectivity index (χ1v) is 11.8. The van der Waals surface area contributed by atoms with Gasteiger partial charge in [-0.3, -0.25) is 14.4 Å². The van der Waals surface area contributed by atoms with Crippen LogP contribution >= 0.6 is 11.3 Å². The lowest BCUT2D eigenvalue weighted by molar-refractivity contribution is -0.142. The fourth-order valence-electron chi connectivity index (χ4n) is 3.34. The van der Waals surface area contributed by atoms with E-state index < -0.39 is 29.7 Å². The van der Waals surface area contributed by atoms with Gasteiger partial charge in [-0.25, -0.2) is 4.79 Å². The molecule has 1 atom stereocenters. The third-order valence-electron chi connectivity index (χ3n) is 5.13. The SMILES string of the molecule is COC(=O)[C@H](CNC(=O)c1cc(O)cc(O)c1)NC(=O)c1sc(C(=O)NCc2cccc(O)c2)cc1C. The Morgan fingerprint density at radius 2 is 1.59 bits per heavy atom. The normalized spacial score (nSPS) is 11.3. The minimum Gasteiger partial charge on any atom is -0.508 e. The van der Waals surface area contributed by atoms with Gasteiger partial charge < -0.3 is 36.0 Å². The second kappa shape index (κ2) is 11.9. The number of ether oxygens (including phenoxy) is 1. The fourth-order valence-corrected chi connectivity index (χ4v) is 4.33. The molecule has 1 heterocycles. The van der Waals surface area contributed by atoms with Crippen molar-refractivity contribution < 1.29 is 39.2 Å². The van der Waals surface area contributed by atoms with Crippen molar-refractivity contribution in [3.63, 3.8) is 0 Å². The predicted octanol–water partition coefficient (Wildman–Crippen LogP) is 1.80. The third-order valence-corrected chi connectivity index (χ3v) is 6.37. The van der Waals surface area contributed by atoms with E-state index in [2.05, 4.69) is 16.0 Å². The summed E-state index contributed by atoms with van der Waals surface area (Å²) in [4.78, 5) is 50.6. The van der Waals surface area contributed by atoms with E-state index in [0.717, 1.165) is 36.6 Å². The Labute approximate surface area is 215 Å². The van der Waals surface area contributed by atoms with Crippen LogP contribution in [0.5, 0.6) is 17.2 Å². The summed E-state index contributed by atoms with van der Waals surface area (Å²) in [5.41, 5.74) is 1.15. The minimum atomic E-state index is -1.25. The number of rotatable bonds is 9. The van der Waals surface area contributed by atoms with Gasteiger partial charge in [-0.2, -0.15) is 0 Å². The molecule has 3 rings (SSSR count). The Balaban J connectivity index is 1.65. The quantitative estimate of drug-likeness (QED) is 0.228. The average Bonchev–Trinajstić information content (AvgIpc) is 3.25. The van der Waals surface area contributed by atoms with Crippen LogP contribution in [0.15, 0.2) is 48.5 Å². The maximum Gasteiger partial charge on any atom is 0.330 e. The Hall–Kier alpha value is -4.58. The molecule has 0 bridgehead atoms. The summed E-state index contributed by atoms with van der Waals surface area (Å²) in [5.74, 6) is -3.14. The van der Waals surface area contributed by atoms with Gasteiger partial charge in [0.25, 0.3) is 17.7 Å². The number of aryl methyl sites for hydroxylation is 1. The van der Waals surface area contributed by atoms with Crippen LogP contribution in [-0.2, 0) is 16.1 Å². The molecule has 0 fully saturated rings. The molecule has 0 spiro atoms. The summed E-state index contributed by atoms with van der Waals surface area (Å²) in [6.45, 7) is 1.48. The molecule has 0 aliphatic carbocycles. The Kier molecular flexibility index (Phi) is 8.69. The van der Waals surface area contributed by atoms with Gasteiger partial charge in [0.2, 0.25) is 0 Å². The minimum absolute atomic E-state index is 0.0529. The molecule has 3 aromatic rings. The standard InChI is InChI=1S/C25H25N3O8S/c1-13-6-20(23(33)26-11-14-4-3-5-16(29)7-14)37-21(13)24(34)28-19(25(35)36-2)12-27-22(32)15-8-17(30)10-18(31)9-15/h3-10,19,29-31H,11-12H2,1-2H3,(H,26,33)(H,27,32)(H,28,34)/t19-/m0/s1. The summed E-state index contributed by atoms with van der Waals surface area (Å²) in [6, 6.07) is 10.0. The number of carbonyl (C=O) groups excluding carboxylic acids is 4. The summed E-state index contributed by atoms with van der Waals surface area (Å²) in [6.07, 6.45) is 0. The van der Waals surface area contributed by atoms with Crippen molar-refractivity contribution in [1.29, 1.82) is 0 Å². The van der Waals surface area contributed by atoms with E-state index in [1.165, 1.54) is 12.1 Å². The van der Waals surface area contributed by atoms with Gasteiger partial charge >= 0.3 is 5.97 Å². The Morgan fingerprint density at radius 1 is 0.892 bits per heavy atom. The van der Waals surface area contributed by atoms with E-state index in [1.54, 1.807) is 25.1 Å². The van der Waals surface area contributed by atoms with Crippen LogP contribution in [0.4, 0.5) is 0 Å². The lowest BCUT2D eigenvalue weighted by Gasteiger charge is -2.17. The Bertz CT molecular complexity index is 1320. The predicted molar refractivity (Wildman–Crippen MR) is 134 cm³/mol. The number of nitrogens with one attached hydrogen (secondary N) is 3. The van der Waals surface area contributed by atoms with E-state index in [4.69, 9.17) is 4.74 Å². The molecule has 0 saturated carbocycles. The number of hydrogen-bond acceptors (Lipinski definition) is 9. The maximum atomic E-state index is 12.9.